The van der Waals surface area contributed by atoms with Gasteiger partial charge in [-0.1, -0.05) is 92.0 Å². The van der Waals surface area contributed by atoms with Gasteiger partial charge in [0.05, 0.1) is 92.6 Å². The van der Waals surface area contributed by atoms with Gasteiger partial charge in [0.15, 0.2) is 12.1 Å². The molecule has 0 aliphatic carbocycles. The average Bonchev–Trinajstić information content (AvgIpc) is 3.26. The number of aliphatic hydroxyl groups excluding tert-OH is 9. The van der Waals surface area contributed by atoms with E-state index in [1.807, 2.05) is 5.32 Å². The minimum absolute atomic E-state index is 0.122. The van der Waals surface area contributed by atoms with Crippen molar-refractivity contribution in [3.8, 4) is 0 Å². The molecule has 3 aliphatic rings. The highest BCUT2D eigenvalue weighted by Gasteiger charge is 2.51. The Hall–Kier alpha value is -4.11. The molecule has 2 saturated heterocycles. The zero-order chi connectivity index (χ0) is 52.2. The molecule has 0 spiro atoms. The Bertz CT molecular complexity index is 1850. The number of carbonyl (C=O) groups is 3. The molecule has 15 N–H and O–H groups in total. The number of fused-ring (bicyclic) bond motifs is 2. The van der Waals surface area contributed by atoms with E-state index in [0.717, 1.165) is 0 Å². The maximum absolute atomic E-state index is 14.2. The first kappa shape index (κ1) is 60.2. The molecule has 0 aromatic rings. The Morgan fingerprint density at radius 3 is 1.93 bits per heavy atom. The fourth-order valence-corrected chi connectivity index (χ4v) is 7.91. The maximum Gasteiger partial charge on any atom is 0.341 e. The molecule has 2 bridgehead atoms. The van der Waals surface area contributed by atoms with Crippen LogP contribution in [-0.4, -0.2) is 179 Å². The number of carbonyl (C=O) groups excluding carboxylic acids is 3. The zero-order valence-electron chi connectivity index (χ0n) is 39.3. The first-order valence-corrected chi connectivity index (χ1v) is 23.3. The van der Waals surface area contributed by atoms with Crippen LogP contribution >= 0.6 is 0 Å². The highest BCUT2D eigenvalue weighted by Crippen LogP contribution is 2.38. The number of nitrogens with one attached hydrogen (secondary N) is 1. The van der Waals surface area contributed by atoms with Crippen LogP contribution in [0.25, 0.3) is 0 Å². The van der Waals surface area contributed by atoms with Gasteiger partial charge in [0.2, 0.25) is 5.91 Å². The molecular formula is C48H73F2N3O17. The summed E-state index contributed by atoms with van der Waals surface area (Å²) in [6, 6.07) is -1.21. The third-order valence-corrected chi connectivity index (χ3v) is 11.9. The summed E-state index contributed by atoms with van der Waals surface area (Å²) in [6.45, 7) is 1.50. The molecule has 0 saturated carbocycles. The van der Waals surface area contributed by atoms with Crippen molar-refractivity contribution in [3.63, 3.8) is 0 Å². The summed E-state index contributed by atoms with van der Waals surface area (Å²) in [5.74, 6) is -12.8. The second-order valence-electron chi connectivity index (χ2n) is 18.1. The van der Waals surface area contributed by atoms with Gasteiger partial charge in [-0.3, -0.25) is 14.4 Å². The van der Waals surface area contributed by atoms with Crippen LogP contribution in [0.5, 0.6) is 0 Å². The van der Waals surface area contributed by atoms with E-state index in [1.54, 1.807) is 86.8 Å². The summed E-state index contributed by atoms with van der Waals surface area (Å²) in [5.41, 5.74) is 10.7. The predicted octanol–water partition coefficient (Wildman–Crippen LogP) is -0.771. The number of hydrogen-bond acceptors (Lipinski definition) is 18. The van der Waals surface area contributed by atoms with Crippen molar-refractivity contribution in [2.45, 2.75) is 169 Å². The Morgan fingerprint density at radius 1 is 0.743 bits per heavy atom. The first-order valence-electron chi connectivity index (χ1n) is 23.3. The molecule has 20 nitrogen and oxygen atoms in total. The average molecular weight is 1000 g/mol. The molecule has 70 heavy (non-hydrogen) atoms. The van der Waals surface area contributed by atoms with Gasteiger partial charge in [0.1, 0.15) is 12.2 Å². The minimum Gasteiger partial charge on any atom is -0.462 e. The van der Waals surface area contributed by atoms with Crippen molar-refractivity contribution in [2.24, 2.45) is 23.3 Å². The normalized spacial score (nSPS) is 41.1. The van der Waals surface area contributed by atoms with Crippen LogP contribution in [0, 0.1) is 11.8 Å². The lowest BCUT2D eigenvalue weighted by Crippen LogP contribution is -2.60. The molecule has 17 atom stereocenters. The Morgan fingerprint density at radius 2 is 1.33 bits per heavy atom. The lowest BCUT2D eigenvalue weighted by Gasteiger charge is -2.45. The number of hydrogen-bond donors (Lipinski definition) is 13. The van der Waals surface area contributed by atoms with Crippen molar-refractivity contribution in [3.05, 3.63) is 85.1 Å². The van der Waals surface area contributed by atoms with Crippen LogP contribution in [-0.2, 0) is 33.3 Å². The highest BCUT2D eigenvalue weighted by molar-refractivity contribution is 5.84. The van der Waals surface area contributed by atoms with Crippen molar-refractivity contribution >= 4 is 17.8 Å². The molecule has 0 radical (unpaired) electrons. The Balaban J connectivity index is 1.93. The third kappa shape index (κ3) is 20.9. The number of amides is 2. The molecule has 3 rings (SSSR count). The highest BCUT2D eigenvalue weighted by atomic mass is 19.3. The molecule has 7 unspecified atom stereocenters. The summed E-state index contributed by atoms with van der Waals surface area (Å²) in [5, 5.41) is 110. The number of aliphatic hydroxyl groups is 10. The van der Waals surface area contributed by atoms with Crippen LogP contribution < -0.4 is 16.8 Å². The van der Waals surface area contributed by atoms with Crippen molar-refractivity contribution < 1.29 is 93.2 Å². The number of nitrogens with two attached hydrogens (primary N) is 2. The van der Waals surface area contributed by atoms with E-state index in [4.69, 9.17) is 30.4 Å². The van der Waals surface area contributed by atoms with E-state index in [-0.39, 0.29) is 38.2 Å². The molecule has 0 aromatic heterocycles. The minimum atomic E-state index is -4.19. The van der Waals surface area contributed by atoms with E-state index >= 15 is 0 Å². The van der Waals surface area contributed by atoms with E-state index < -0.39 is 160 Å². The molecule has 396 valence electrons. The molecule has 3 heterocycles. The van der Waals surface area contributed by atoms with Crippen LogP contribution in [0.4, 0.5) is 8.78 Å². The molecule has 2 fully saturated rings. The summed E-state index contributed by atoms with van der Waals surface area (Å²) in [6.07, 6.45) is 1.93. The smallest absolute Gasteiger partial charge is 0.341 e. The first-order chi connectivity index (χ1) is 32.9. The molecule has 22 heteroatoms. The van der Waals surface area contributed by atoms with Crippen LogP contribution in [0.3, 0.4) is 0 Å². The van der Waals surface area contributed by atoms with E-state index in [2.05, 4.69) is 0 Å². The fourth-order valence-electron chi connectivity index (χ4n) is 7.91. The largest absolute Gasteiger partial charge is 0.462 e. The number of cyclic esters (lactones) is 1. The molecule has 3 aliphatic heterocycles. The number of halogens is 2. The summed E-state index contributed by atoms with van der Waals surface area (Å²) < 4.78 is 51.3. The van der Waals surface area contributed by atoms with Crippen LogP contribution in [0.2, 0.25) is 0 Å². The van der Waals surface area contributed by atoms with Crippen molar-refractivity contribution in [1.29, 1.82) is 0 Å². The second-order valence-corrected chi connectivity index (χ2v) is 18.1. The number of allylic oxidation sites excluding steroid dienone is 12. The number of primary amides is 1. The second kappa shape index (κ2) is 29.4. The van der Waals surface area contributed by atoms with Crippen molar-refractivity contribution in [1.82, 2.24) is 5.32 Å². The Kier molecular flexibility index (Phi) is 25.3. The van der Waals surface area contributed by atoms with Gasteiger partial charge >= 0.3 is 11.9 Å². The van der Waals surface area contributed by atoms with Gasteiger partial charge in [-0.05, 0) is 26.2 Å². The lowest BCUT2D eigenvalue weighted by molar-refractivity contribution is -0.304. The molecule has 0 aromatic carbocycles. The van der Waals surface area contributed by atoms with Gasteiger partial charge in [-0.25, -0.2) is 0 Å². The number of alkyl halides is 2. The van der Waals surface area contributed by atoms with Gasteiger partial charge in [0, 0.05) is 38.0 Å². The number of rotatable bonds is 6. The number of esters is 1. The van der Waals surface area contributed by atoms with Gasteiger partial charge in [0.25, 0.3) is 5.91 Å². The zero-order valence-corrected chi connectivity index (χ0v) is 39.3. The lowest BCUT2D eigenvalue weighted by atomic mass is 9.82. The van der Waals surface area contributed by atoms with E-state index in [0.29, 0.717) is 0 Å². The summed E-state index contributed by atoms with van der Waals surface area (Å²) >= 11 is 0. The van der Waals surface area contributed by atoms with Crippen molar-refractivity contribution in [2.75, 3.05) is 13.2 Å². The topological polar surface area (TPSA) is 354 Å². The monoisotopic (exact) mass is 1000 g/mol. The van der Waals surface area contributed by atoms with Gasteiger partial charge in [-0.15, -0.1) is 0 Å². The van der Waals surface area contributed by atoms with Crippen LogP contribution in [0.15, 0.2) is 85.1 Å². The maximum atomic E-state index is 14.2. The summed E-state index contributed by atoms with van der Waals surface area (Å²) in [4.78, 5) is 37.4. The standard InChI is InChI=1S/C48H73F2N3O17/c1-28-15-13-11-9-7-5-3-4-6-8-10-12-14-16-33(69-45-43(63)42(51)38(61)26-67-45)23-39-41(44(64)53-27-48(49,50)46(52)65)37(60)25-47(66,70-39)24-32(56)21-36(59)34(57)18-17-30(54)20-31(55)22-40(62)68-29(2)19-35(28)58/h3-16,28-39,41-43,45,54-61,63,66H,17-27,51H2,1-2H3,(H2,52,65)(H,53,64)/b4-3+,7-5+,8-6+,11-9+,12-10+,15-13+,16-14+/t28-,29-,30+,31?,32?,33?,34?,35-,36?,37-,38+,39-,41?,42-,43-,45-,47?/m0/s1. The Labute approximate surface area is 405 Å². The SMILES string of the molecule is C[C@H]1C[C@H](O)[C@@H](C)/C=C/C=C/C=C/C=C/C=C/C=C/C=C/C(O[C@@H]2OC[C@@H](O)[C@H](N)[C@@H]2O)C[C@@H]2OC(O)(CC(O)CC(O)C(O)CC[C@@H](O)CC(O)CC(=O)O1)C[C@H](O)C2C(=O)NCC(F)(F)C(N)=O. The summed E-state index contributed by atoms with van der Waals surface area (Å²) in [7, 11) is 0. The molecular weight excluding hydrogens is 929 g/mol. The fraction of sp³-hybridized carbons (Fsp3) is 0.646. The predicted molar refractivity (Wildman–Crippen MR) is 247 cm³/mol. The number of ether oxygens (including phenoxy) is 4. The third-order valence-electron chi connectivity index (χ3n) is 11.9. The quantitative estimate of drug-likeness (QED) is 0.145. The van der Waals surface area contributed by atoms with Crippen LogP contribution in [0.1, 0.15) is 71.6 Å². The molecule has 2 amide bonds. The van der Waals surface area contributed by atoms with E-state index in [9.17, 15) is 74.2 Å². The van der Waals surface area contributed by atoms with Gasteiger partial charge in [-0.2, -0.15) is 8.78 Å². The van der Waals surface area contributed by atoms with Gasteiger partial charge < -0.3 is 86.8 Å². The van der Waals surface area contributed by atoms with E-state index in [1.165, 1.54) is 12.2 Å².